The van der Waals surface area contributed by atoms with Crippen LogP contribution in [0, 0.1) is 17.9 Å². The van der Waals surface area contributed by atoms with Crippen molar-refractivity contribution in [2.45, 2.75) is 0 Å². The number of aromatic nitrogens is 2. The van der Waals surface area contributed by atoms with Crippen LogP contribution >= 0.6 is 0 Å². The summed E-state index contributed by atoms with van der Waals surface area (Å²) in [6, 6.07) is 1.86. The van der Waals surface area contributed by atoms with Crippen LogP contribution in [0.1, 0.15) is 5.69 Å². The summed E-state index contributed by atoms with van der Waals surface area (Å²) in [7, 11) is 0. The number of hydrogen-bond donors (Lipinski definition) is 4. The SMILES string of the molecule is [C-]#[N+]c1nc(C#N)c(N(CCO)CCO)nc1N(CCO)CCO. The van der Waals surface area contributed by atoms with Crippen LogP contribution in [0.4, 0.5) is 17.5 Å². The highest BCUT2D eigenvalue weighted by atomic mass is 16.3. The van der Waals surface area contributed by atoms with E-state index in [0.29, 0.717) is 0 Å². The molecule has 1 aromatic rings. The zero-order chi connectivity index (χ0) is 17.9. The number of aliphatic hydroxyl groups excluding tert-OH is 4. The minimum absolute atomic E-state index is 0.0976. The Hall–Kier alpha value is -2.50. The smallest absolute Gasteiger partial charge is 0.313 e. The minimum Gasteiger partial charge on any atom is -0.395 e. The van der Waals surface area contributed by atoms with Gasteiger partial charge in [-0.1, -0.05) is 6.57 Å². The van der Waals surface area contributed by atoms with Gasteiger partial charge in [0.15, 0.2) is 11.6 Å². The lowest BCUT2D eigenvalue weighted by molar-refractivity contribution is 0.280. The van der Waals surface area contributed by atoms with E-state index < -0.39 is 0 Å². The maximum Gasteiger partial charge on any atom is 0.313 e. The van der Waals surface area contributed by atoms with Gasteiger partial charge in [0, 0.05) is 26.2 Å². The molecular formula is C14H20N6O4. The molecule has 0 atom stereocenters. The van der Waals surface area contributed by atoms with Crippen molar-refractivity contribution in [2.75, 3.05) is 62.4 Å². The van der Waals surface area contributed by atoms with Gasteiger partial charge in [0.05, 0.1) is 26.4 Å². The zero-order valence-electron chi connectivity index (χ0n) is 13.1. The molecule has 1 rings (SSSR count). The molecule has 0 saturated carbocycles. The van der Waals surface area contributed by atoms with Gasteiger partial charge in [0.25, 0.3) is 5.69 Å². The van der Waals surface area contributed by atoms with E-state index >= 15 is 0 Å². The molecule has 0 aliphatic carbocycles. The summed E-state index contributed by atoms with van der Waals surface area (Å²) in [6.45, 7) is 6.86. The quantitative estimate of drug-likeness (QED) is 0.375. The maximum atomic E-state index is 9.26. The van der Waals surface area contributed by atoms with Crippen LogP contribution in [-0.4, -0.2) is 83.0 Å². The van der Waals surface area contributed by atoms with E-state index in [1.807, 2.05) is 6.07 Å². The first kappa shape index (κ1) is 19.5. The molecular weight excluding hydrogens is 316 g/mol. The van der Waals surface area contributed by atoms with E-state index in [1.165, 1.54) is 9.80 Å². The van der Waals surface area contributed by atoms with Crippen LogP contribution < -0.4 is 9.80 Å². The Bertz CT molecular complexity index is 551. The summed E-state index contributed by atoms with van der Waals surface area (Å²) < 4.78 is 0. The second-order valence-corrected chi connectivity index (χ2v) is 4.64. The molecule has 0 amide bonds. The summed E-state index contributed by atoms with van der Waals surface area (Å²) in [5.41, 5.74) is -0.0976. The van der Waals surface area contributed by atoms with Crippen LogP contribution in [0.2, 0.25) is 0 Å². The highest BCUT2D eigenvalue weighted by molar-refractivity contribution is 5.68. The fourth-order valence-corrected chi connectivity index (χ4v) is 2.12. The first-order valence-electron chi connectivity index (χ1n) is 7.29. The number of nitriles is 1. The summed E-state index contributed by atoms with van der Waals surface area (Å²) in [6.07, 6.45) is 0. The highest BCUT2D eigenvalue weighted by Gasteiger charge is 2.23. The molecule has 0 aromatic carbocycles. The van der Waals surface area contributed by atoms with Crippen LogP contribution in [0.15, 0.2) is 0 Å². The van der Waals surface area contributed by atoms with Gasteiger partial charge < -0.3 is 35.1 Å². The normalized spacial score (nSPS) is 10.1. The molecule has 130 valence electrons. The fourth-order valence-electron chi connectivity index (χ4n) is 2.12. The number of nitrogens with zero attached hydrogens (tertiary/aromatic N) is 6. The molecule has 24 heavy (non-hydrogen) atoms. The standard InChI is InChI=1S/C14H20N6O4/c1-16-12-14(20(4-8-23)5-9-24)18-13(11(10-15)17-12)19(2-6-21)3-7-22/h21-24H,2-9H2. The summed E-state index contributed by atoms with van der Waals surface area (Å²) in [5.74, 6) is 0.136. The first-order valence-corrected chi connectivity index (χ1v) is 7.29. The van der Waals surface area contributed by atoms with Crippen molar-refractivity contribution in [1.82, 2.24) is 9.97 Å². The van der Waals surface area contributed by atoms with Crippen molar-refractivity contribution in [2.24, 2.45) is 0 Å². The van der Waals surface area contributed by atoms with E-state index in [0.717, 1.165) is 0 Å². The van der Waals surface area contributed by atoms with Crippen molar-refractivity contribution in [1.29, 1.82) is 5.26 Å². The van der Waals surface area contributed by atoms with Gasteiger partial charge in [0.2, 0.25) is 0 Å². The minimum atomic E-state index is -0.219. The van der Waals surface area contributed by atoms with Gasteiger partial charge in [-0.15, -0.1) is 4.98 Å². The van der Waals surface area contributed by atoms with Crippen LogP contribution in [0.3, 0.4) is 0 Å². The van der Waals surface area contributed by atoms with E-state index in [-0.39, 0.29) is 75.8 Å². The molecule has 0 aliphatic heterocycles. The Morgan fingerprint density at radius 2 is 1.33 bits per heavy atom. The molecule has 10 heteroatoms. The molecule has 0 spiro atoms. The second kappa shape index (κ2) is 10.3. The van der Waals surface area contributed by atoms with Gasteiger partial charge in [0.1, 0.15) is 6.07 Å². The van der Waals surface area contributed by atoms with E-state index in [4.69, 9.17) is 27.0 Å². The van der Waals surface area contributed by atoms with Gasteiger partial charge >= 0.3 is 5.82 Å². The fraction of sp³-hybridized carbons (Fsp3) is 0.571. The molecule has 0 aliphatic rings. The Labute approximate surface area is 139 Å². The third kappa shape index (κ3) is 4.75. The molecule has 1 heterocycles. The topological polar surface area (TPSA) is 141 Å². The zero-order valence-corrected chi connectivity index (χ0v) is 13.1. The van der Waals surface area contributed by atoms with E-state index in [2.05, 4.69) is 14.8 Å². The Morgan fingerprint density at radius 3 is 1.71 bits per heavy atom. The van der Waals surface area contributed by atoms with Gasteiger partial charge in [-0.05, 0) is 0 Å². The first-order chi connectivity index (χ1) is 11.7. The van der Waals surface area contributed by atoms with E-state index in [1.54, 1.807) is 0 Å². The second-order valence-electron chi connectivity index (χ2n) is 4.64. The average molecular weight is 336 g/mol. The number of hydrogen-bond acceptors (Lipinski definition) is 9. The Balaban J connectivity index is 3.45. The van der Waals surface area contributed by atoms with Crippen molar-refractivity contribution >= 4 is 17.5 Å². The lowest BCUT2D eigenvalue weighted by Crippen LogP contribution is -2.34. The van der Waals surface area contributed by atoms with Gasteiger partial charge in [-0.3, -0.25) is 0 Å². The molecule has 4 N–H and O–H groups in total. The third-order valence-electron chi connectivity index (χ3n) is 3.13. The summed E-state index contributed by atoms with van der Waals surface area (Å²) in [4.78, 5) is 14.5. The van der Waals surface area contributed by atoms with Gasteiger partial charge in [-0.25, -0.2) is 4.98 Å². The maximum absolute atomic E-state index is 9.26. The van der Waals surface area contributed by atoms with Crippen molar-refractivity contribution in [3.05, 3.63) is 17.1 Å². The highest BCUT2D eigenvalue weighted by Crippen LogP contribution is 2.29. The molecule has 0 radical (unpaired) electrons. The van der Waals surface area contributed by atoms with Crippen molar-refractivity contribution < 1.29 is 20.4 Å². The van der Waals surface area contributed by atoms with Gasteiger partial charge in [-0.2, -0.15) is 5.26 Å². The number of anilines is 2. The molecule has 1 aromatic heterocycles. The molecule has 0 fully saturated rings. The van der Waals surface area contributed by atoms with Crippen molar-refractivity contribution in [3.63, 3.8) is 0 Å². The van der Waals surface area contributed by atoms with Crippen molar-refractivity contribution in [3.8, 4) is 6.07 Å². The molecule has 10 nitrogen and oxygen atoms in total. The predicted octanol–water partition coefficient (Wildman–Crippen LogP) is -1.52. The lowest BCUT2D eigenvalue weighted by Gasteiger charge is -2.26. The summed E-state index contributed by atoms with van der Waals surface area (Å²) >= 11 is 0. The molecule has 0 saturated heterocycles. The predicted molar refractivity (Wildman–Crippen MR) is 85.8 cm³/mol. The lowest BCUT2D eigenvalue weighted by atomic mass is 10.3. The molecule has 0 unspecified atom stereocenters. The third-order valence-corrected chi connectivity index (χ3v) is 3.13. The van der Waals surface area contributed by atoms with Crippen LogP contribution in [0.25, 0.3) is 4.85 Å². The largest absolute Gasteiger partial charge is 0.395 e. The Morgan fingerprint density at radius 1 is 0.875 bits per heavy atom. The Kier molecular flexibility index (Phi) is 8.39. The molecule has 0 bridgehead atoms. The van der Waals surface area contributed by atoms with Crippen LogP contribution in [0.5, 0.6) is 0 Å². The van der Waals surface area contributed by atoms with Crippen LogP contribution in [-0.2, 0) is 0 Å². The number of rotatable bonds is 10. The summed E-state index contributed by atoms with van der Waals surface area (Å²) in [5, 5.41) is 45.9. The number of aliphatic hydroxyl groups is 4. The monoisotopic (exact) mass is 336 g/mol. The average Bonchev–Trinajstić information content (AvgIpc) is 2.60. The van der Waals surface area contributed by atoms with E-state index in [9.17, 15) is 5.26 Å².